The van der Waals surface area contributed by atoms with Gasteiger partial charge in [0, 0.05) is 18.9 Å². The zero-order valence-corrected chi connectivity index (χ0v) is 10.1. The molecule has 102 valence electrons. The van der Waals surface area contributed by atoms with Crippen molar-refractivity contribution in [1.29, 1.82) is 0 Å². The quantitative estimate of drug-likeness (QED) is 0.873. The molecule has 0 spiro atoms. The predicted molar refractivity (Wildman–Crippen MR) is 63.4 cm³/mol. The third kappa shape index (κ3) is 3.18. The molecular formula is C12H12F3N3O. The zero-order chi connectivity index (χ0) is 14.0. The first kappa shape index (κ1) is 13.3. The maximum absolute atomic E-state index is 12.8. The molecule has 0 atom stereocenters. The highest BCUT2D eigenvalue weighted by Gasteiger charge is 2.34. The number of nitrogen functional groups attached to an aromatic ring is 1. The fraction of sp³-hybridized carbons (Fsp3) is 0.250. The van der Waals surface area contributed by atoms with Gasteiger partial charge in [-0.15, -0.1) is 0 Å². The Labute approximate surface area is 107 Å². The first-order chi connectivity index (χ1) is 8.86. The molecule has 0 radical (unpaired) electrons. The molecule has 7 heteroatoms. The Kier molecular flexibility index (Phi) is 3.37. The molecule has 1 aromatic heterocycles. The molecule has 0 amide bonds. The van der Waals surface area contributed by atoms with E-state index in [-0.39, 0.29) is 18.0 Å². The maximum atomic E-state index is 12.8. The highest BCUT2D eigenvalue weighted by molar-refractivity contribution is 5.49. The van der Waals surface area contributed by atoms with Crippen LogP contribution in [0, 0.1) is 0 Å². The third-order valence-corrected chi connectivity index (χ3v) is 2.45. The second-order valence-electron chi connectivity index (χ2n) is 4.02. The molecule has 1 aromatic carbocycles. The highest BCUT2D eigenvalue weighted by atomic mass is 19.4. The van der Waals surface area contributed by atoms with Crippen molar-refractivity contribution < 1.29 is 17.9 Å². The molecule has 2 aromatic rings. The fourth-order valence-electron chi connectivity index (χ4n) is 1.59. The summed E-state index contributed by atoms with van der Waals surface area (Å²) in [6, 6.07) is 5.10. The van der Waals surface area contributed by atoms with Gasteiger partial charge in [0.1, 0.15) is 12.4 Å². The first-order valence-electron chi connectivity index (χ1n) is 5.44. The number of hydrogen-bond acceptors (Lipinski definition) is 3. The van der Waals surface area contributed by atoms with E-state index in [0.717, 1.165) is 6.07 Å². The van der Waals surface area contributed by atoms with Crippen molar-refractivity contribution in [2.24, 2.45) is 7.05 Å². The van der Waals surface area contributed by atoms with Crippen molar-refractivity contribution in [2.45, 2.75) is 12.8 Å². The van der Waals surface area contributed by atoms with Gasteiger partial charge in [-0.05, 0) is 24.3 Å². The molecular weight excluding hydrogens is 259 g/mol. The summed E-state index contributed by atoms with van der Waals surface area (Å²) in [5.74, 6) is -0.257. The van der Waals surface area contributed by atoms with Gasteiger partial charge in [-0.2, -0.15) is 18.3 Å². The highest BCUT2D eigenvalue weighted by Crippen LogP contribution is 2.37. The Morgan fingerprint density at radius 1 is 1.32 bits per heavy atom. The smallest absolute Gasteiger partial charge is 0.420 e. The van der Waals surface area contributed by atoms with Gasteiger partial charge >= 0.3 is 6.18 Å². The minimum Gasteiger partial charge on any atom is -0.487 e. The number of rotatable bonds is 3. The molecule has 0 aliphatic heterocycles. The number of aromatic nitrogens is 2. The second kappa shape index (κ2) is 4.83. The lowest BCUT2D eigenvalue weighted by Crippen LogP contribution is -2.09. The van der Waals surface area contributed by atoms with Gasteiger partial charge in [0.25, 0.3) is 0 Å². The lowest BCUT2D eigenvalue weighted by atomic mass is 10.1. The number of nitrogens with two attached hydrogens (primary N) is 1. The topological polar surface area (TPSA) is 53.1 Å². The van der Waals surface area contributed by atoms with Crippen molar-refractivity contribution >= 4 is 5.69 Å². The van der Waals surface area contributed by atoms with Crippen LogP contribution in [0.5, 0.6) is 5.75 Å². The summed E-state index contributed by atoms with van der Waals surface area (Å²) in [6.45, 7) is -0.0339. The maximum Gasteiger partial charge on any atom is 0.420 e. The number of ether oxygens (including phenoxy) is 1. The van der Waals surface area contributed by atoms with Crippen LogP contribution in [0.25, 0.3) is 0 Å². The van der Waals surface area contributed by atoms with Crippen LogP contribution in [-0.2, 0) is 19.8 Å². The second-order valence-corrected chi connectivity index (χ2v) is 4.02. The van der Waals surface area contributed by atoms with Gasteiger partial charge in [0.2, 0.25) is 0 Å². The Morgan fingerprint density at radius 3 is 2.63 bits per heavy atom. The van der Waals surface area contributed by atoms with E-state index < -0.39 is 11.7 Å². The monoisotopic (exact) mass is 271 g/mol. The third-order valence-electron chi connectivity index (χ3n) is 2.45. The van der Waals surface area contributed by atoms with Crippen molar-refractivity contribution in [1.82, 2.24) is 9.78 Å². The summed E-state index contributed by atoms with van der Waals surface area (Å²) < 4.78 is 45.1. The minimum absolute atomic E-state index is 0.0339. The van der Waals surface area contributed by atoms with E-state index in [1.807, 2.05) is 0 Å². The van der Waals surface area contributed by atoms with Gasteiger partial charge in [-0.3, -0.25) is 4.68 Å². The number of hydrogen-bond donors (Lipinski definition) is 1. The molecule has 0 aliphatic carbocycles. The number of anilines is 1. The molecule has 2 rings (SSSR count). The number of halogens is 3. The van der Waals surface area contributed by atoms with Crippen LogP contribution in [0.4, 0.5) is 18.9 Å². The minimum atomic E-state index is -4.51. The molecule has 0 bridgehead atoms. The van der Waals surface area contributed by atoms with Crippen LogP contribution in [0.2, 0.25) is 0 Å². The Hall–Kier alpha value is -2.18. The van der Waals surface area contributed by atoms with E-state index in [2.05, 4.69) is 5.10 Å². The lowest BCUT2D eigenvalue weighted by molar-refractivity contribution is -0.139. The van der Waals surface area contributed by atoms with Crippen LogP contribution in [0.1, 0.15) is 11.3 Å². The van der Waals surface area contributed by atoms with Gasteiger partial charge in [-0.25, -0.2) is 0 Å². The van der Waals surface area contributed by atoms with E-state index in [9.17, 15) is 13.2 Å². The lowest BCUT2D eigenvalue weighted by Gasteiger charge is -2.13. The Morgan fingerprint density at radius 2 is 2.05 bits per heavy atom. The molecule has 0 saturated heterocycles. The molecule has 4 nitrogen and oxygen atoms in total. The fourth-order valence-corrected chi connectivity index (χ4v) is 1.59. The largest absolute Gasteiger partial charge is 0.487 e. The molecule has 2 N–H and O–H groups in total. The van der Waals surface area contributed by atoms with Crippen LogP contribution < -0.4 is 10.5 Å². The van der Waals surface area contributed by atoms with Gasteiger partial charge < -0.3 is 10.5 Å². The standard InChI is InChI=1S/C12H12F3N3O/c1-18-5-4-9(17-18)7-19-11-3-2-8(16)6-10(11)12(13,14)15/h2-6H,7,16H2,1H3. The molecule has 0 aliphatic rings. The van der Waals surface area contributed by atoms with E-state index in [1.54, 1.807) is 24.0 Å². The average molecular weight is 271 g/mol. The molecule has 0 fully saturated rings. The predicted octanol–water partition coefficient (Wildman–Crippen LogP) is 2.60. The van der Waals surface area contributed by atoms with Crippen molar-refractivity contribution in [2.75, 3.05) is 5.73 Å². The summed E-state index contributed by atoms with van der Waals surface area (Å²) in [4.78, 5) is 0. The summed E-state index contributed by atoms with van der Waals surface area (Å²) in [5.41, 5.74) is 5.07. The molecule has 1 heterocycles. The summed E-state index contributed by atoms with van der Waals surface area (Å²) in [6.07, 6.45) is -2.82. The van der Waals surface area contributed by atoms with E-state index in [4.69, 9.17) is 10.5 Å². The Bertz CT molecular complexity index is 578. The summed E-state index contributed by atoms with van der Waals surface area (Å²) in [7, 11) is 1.72. The van der Waals surface area contributed by atoms with Gasteiger partial charge in [0.05, 0.1) is 11.3 Å². The molecule has 0 unspecified atom stereocenters. The van der Waals surface area contributed by atoms with Crippen LogP contribution in [0.15, 0.2) is 30.5 Å². The molecule has 19 heavy (non-hydrogen) atoms. The Balaban J connectivity index is 2.20. The van der Waals surface area contributed by atoms with Crippen LogP contribution in [-0.4, -0.2) is 9.78 Å². The summed E-state index contributed by atoms with van der Waals surface area (Å²) in [5, 5.41) is 4.02. The first-order valence-corrected chi connectivity index (χ1v) is 5.44. The average Bonchev–Trinajstić information content (AvgIpc) is 2.72. The number of benzene rings is 1. The van der Waals surface area contributed by atoms with E-state index >= 15 is 0 Å². The normalized spacial score (nSPS) is 11.6. The molecule has 0 saturated carbocycles. The number of nitrogens with zero attached hydrogens (tertiary/aromatic N) is 2. The summed E-state index contributed by atoms with van der Waals surface area (Å²) >= 11 is 0. The van der Waals surface area contributed by atoms with E-state index in [0.29, 0.717) is 5.69 Å². The number of aryl methyl sites for hydroxylation is 1. The van der Waals surface area contributed by atoms with Crippen molar-refractivity contribution in [3.8, 4) is 5.75 Å². The van der Waals surface area contributed by atoms with Crippen molar-refractivity contribution in [3.63, 3.8) is 0 Å². The van der Waals surface area contributed by atoms with Gasteiger partial charge in [0.15, 0.2) is 0 Å². The SMILES string of the molecule is Cn1ccc(COc2ccc(N)cc2C(F)(F)F)n1. The zero-order valence-electron chi connectivity index (χ0n) is 10.1. The van der Waals surface area contributed by atoms with E-state index in [1.165, 1.54) is 12.1 Å². The van der Waals surface area contributed by atoms with Gasteiger partial charge in [-0.1, -0.05) is 0 Å². The number of alkyl halides is 3. The van der Waals surface area contributed by atoms with Crippen LogP contribution in [0.3, 0.4) is 0 Å². The van der Waals surface area contributed by atoms with Crippen molar-refractivity contribution in [3.05, 3.63) is 41.7 Å². The van der Waals surface area contributed by atoms with Crippen LogP contribution >= 0.6 is 0 Å².